The van der Waals surface area contributed by atoms with E-state index in [1.807, 2.05) is 20.8 Å². The summed E-state index contributed by atoms with van der Waals surface area (Å²) in [5, 5.41) is 0. The largest absolute Gasteiger partial charge is 0.444 e. The molecule has 1 rings (SSSR count). The van der Waals surface area contributed by atoms with Gasteiger partial charge in [0.2, 0.25) is 0 Å². The monoisotopic (exact) mass is 200 g/mol. The van der Waals surface area contributed by atoms with Gasteiger partial charge in [-0.1, -0.05) is 0 Å². The molecule has 1 aliphatic heterocycles. The highest BCUT2D eigenvalue weighted by Gasteiger charge is 2.27. The maximum Gasteiger partial charge on any atom is 0.411 e. The standard InChI is InChI=1S/C10H20N2O2/c1-10(2,3)14-9(13)12-7-5-4-6-8(12)11/h8H,4-7,11H2,1-3H3. The minimum Gasteiger partial charge on any atom is -0.444 e. The summed E-state index contributed by atoms with van der Waals surface area (Å²) in [5.74, 6) is 0. The molecule has 0 aromatic heterocycles. The lowest BCUT2D eigenvalue weighted by atomic mass is 10.1. The molecule has 1 atom stereocenters. The zero-order valence-electron chi connectivity index (χ0n) is 9.25. The molecule has 14 heavy (non-hydrogen) atoms. The number of hydrogen-bond donors (Lipinski definition) is 1. The van der Waals surface area contributed by atoms with Gasteiger partial charge in [-0.2, -0.15) is 0 Å². The summed E-state index contributed by atoms with van der Waals surface area (Å²) in [6.45, 7) is 6.30. The van der Waals surface area contributed by atoms with Crippen LogP contribution in [0.3, 0.4) is 0 Å². The normalized spacial score (nSPS) is 23.4. The summed E-state index contributed by atoms with van der Waals surface area (Å²) in [7, 11) is 0. The summed E-state index contributed by atoms with van der Waals surface area (Å²) >= 11 is 0. The zero-order chi connectivity index (χ0) is 10.8. The molecular formula is C10H20N2O2. The van der Waals surface area contributed by atoms with Crippen molar-refractivity contribution >= 4 is 6.09 Å². The van der Waals surface area contributed by atoms with Crippen molar-refractivity contribution in [2.45, 2.75) is 51.8 Å². The van der Waals surface area contributed by atoms with Gasteiger partial charge >= 0.3 is 6.09 Å². The molecule has 4 heteroatoms. The van der Waals surface area contributed by atoms with Crippen LogP contribution in [-0.4, -0.2) is 29.3 Å². The predicted octanol–water partition coefficient (Wildman–Crippen LogP) is 1.69. The fourth-order valence-corrected chi connectivity index (χ4v) is 1.50. The summed E-state index contributed by atoms with van der Waals surface area (Å²) in [4.78, 5) is 13.3. The Morgan fingerprint density at radius 1 is 1.43 bits per heavy atom. The molecule has 0 aromatic carbocycles. The minimum atomic E-state index is -0.436. The van der Waals surface area contributed by atoms with E-state index < -0.39 is 5.60 Å². The van der Waals surface area contributed by atoms with Gasteiger partial charge in [0, 0.05) is 6.54 Å². The second-order valence-electron chi connectivity index (χ2n) is 4.74. The van der Waals surface area contributed by atoms with E-state index in [1.165, 1.54) is 0 Å². The van der Waals surface area contributed by atoms with Crippen molar-refractivity contribution in [2.75, 3.05) is 6.54 Å². The van der Waals surface area contributed by atoms with Crippen LogP contribution in [0.1, 0.15) is 40.0 Å². The van der Waals surface area contributed by atoms with Crippen LogP contribution in [0.4, 0.5) is 4.79 Å². The number of amides is 1. The second-order valence-corrected chi connectivity index (χ2v) is 4.74. The first-order valence-corrected chi connectivity index (χ1v) is 5.15. The first-order chi connectivity index (χ1) is 6.40. The van der Waals surface area contributed by atoms with Crippen LogP contribution in [0.5, 0.6) is 0 Å². The van der Waals surface area contributed by atoms with Crippen LogP contribution in [0.2, 0.25) is 0 Å². The van der Waals surface area contributed by atoms with Crippen molar-refractivity contribution in [1.82, 2.24) is 4.90 Å². The topological polar surface area (TPSA) is 55.6 Å². The summed E-state index contributed by atoms with van der Waals surface area (Å²) in [5.41, 5.74) is 5.39. The van der Waals surface area contributed by atoms with Crippen molar-refractivity contribution in [3.8, 4) is 0 Å². The van der Waals surface area contributed by atoms with Gasteiger partial charge in [0.15, 0.2) is 0 Å². The van der Waals surface area contributed by atoms with Crippen LogP contribution in [-0.2, 0) is 4.74 Å². The lowest BCUT2D eigenvalue weighted by Gasteiger charge is -2.34. The first kappa shape index (κ1) is 11.3. The third-order valence-electron chi connectivity index (χ3n) is 2.18. The van der Waals surface area contributed by atoms with E-state index in [-0.39, 0.29) is 12.3 Å². The van der Waals surface area contributed by atoms with E-state index in [4.69, 9.17) is 10.5 Å². The number of carbonyl (C=O) groups is 1. The quantitative estimate of drug-likeness (QED) is 0.647. The highest BCUT2D eigenvalue weighted by Crippen LogP contribution is 2.17. The highest BCUT2D eigenvalue weighted by atomic mass is 16.6. The highest BCUT2D eigenvalue weighted by molar-refractivity contribution is 5.68. The Hall–Kier alpha value is -0.770. The van der Waals surface area contributed by atoms with E-state index in [0.717, 1.165) is 25.8 Å². The Kier molecular flexibility index (Phi) is 3.37. The van der Waals surface area contributed by atoms with Gasteiger partial charge in [0.25, 0.3) is 0 Å². The molecular weight excluding hydrogens is 180 g/mol. The molecule has 1 aliphatic rings. The van der Waals surface area contributed by atoms with E-state index in [1.54, 1.807) is 4.90 Å². The van der Waals surface area contributed by atoms with Gasteiger partial charge in [0.1, 0.15) is 5.60 Å². The van der Waals surface area contributed by atoms with Crippen LogP contribution in [0.15, 0.2) is 0 Å². The minimum absolute atomic E-state index is 0.168. The van der Waals surface area contributed by atoms with E-state index in [0.29, 0.717) is 0 Å². The Bertz CT molecular complexity index is 211. The third kappa shape index (κ3) is 3.18. The van der Waals surface area contributed by atoms with Gasteiger partial charge < -0.3 is 10.5 Å². The third-order valence-corrected chi connectivity index (χ3v) is 2.18. The molecule has 1 saturated heterocycles. The van der Waals surface area contributed by atoms with Crippen molar-refractivity contribution in [3.63, 3.8) is 0 Å². The molecule has 0 aliphatic carbocycles. The SMILES string of the molecule is CC(C)(C)OC(=O)N1CCCCC1N. The fraction of sp³-hybridized carbons (Fsp3) is 0.900. The Labute approximate surface area is 85.4 Å². The van der Waals surface area contributed by atoms with Crippen LogP contribution < -0.4 is 5.73 Å². The van der Waals surface area contributed by atoms with Crippen LogP contribution in [0.25, 0.3) is 0 Å². The zero-order valence-corrected chi connectivity index (χ0v) is 9.25. The van der Waals surface area contributed by atoms with Crippen molar-refractivity contribution in [3.05, 3.63) is 0 Å². The van der Waals surface area contributed by atoms with Crippen molar-refractivity contribution in [2.24, 2.45) is 5.73 Å². The van der Waals surface area contributed by atoms with Gasteiger partial charge in [-0.15, -0.1) is 0 Å². The fourth-order valence-electron chi connectivity index (χ4n) is 1.50. The van der Waals surface area contributed by atoms with E-state index >= 15 is 0 Å². The molecule has 1 unspecified atom stereocenters. The number of carbonyl (C=O) groups excluding carboxylic acids is 1. The van der Waals surface area contributed by atoms with E-state index in [9.17, 15) is 4.79 Å². The second kappa shape index (κ2) is 4.17. The lowest BCUT2D eigenvalue weighted by molar-refractivity contribution is 0.0107. The number of ether oxygens (including phenoxy) is 1. The number of rotatable bonds is 0. The van der Waals surface area contributed by atoms with Gasteiger partial charge in [-0.3, -0.25) is 4.90 Å². The Balaban J connectivity index is 2.50. The average molecular weight is 200 g/mol. The summed E-state index contributed by atoms with van der Waals surface area (Å²) in [6, 6.07) is 0. The maximum atomic E-state index is 11.6. The molecule has 4 nitrogen and oxygen atoms in total. The molecule has 0 radical (unpaired) electrons. The predicted molar refractivity (Wildman–Crippen MR) is 54.8 cm³/mol. The molecule has 0 saturated carbocycles. The molecule has 1 fully saturated rings. The number of piperidine rings is 1. The average Bonchev–Trinajstić information content (AvgIpc) is 2.01. The maximum absolute atomic E-state index is 11.6. The summed E-state index contributed by atoms with van der Waals surface area (Å²) in [6.07, 6.45) is 2.54. The summed E-state index contributed by atoms with van der Waals surface area (Å²) < 4.78 is 5.25. The van der Waals surface area contributed by atoms with Crippen LogP contribution >= 0.6 is 0 Å². The van der Waals surface area contributed by atoms with E-state index in [2.05, 4.69) is 0 Å². The lowest BCUT2D eigenvalue weighted by Crippen LogP contribution is -2.50. The number of likely N-dealkylation sites (tertiary alicyclic amines) is 1. The van der Waals surface area contributed by atoms with Gasteiger partial charge in [0.05, 0.1) is 6.17 Å². The number of hydrogen-bond acceptors (Lipinski definition) is 3. The Morgan fingerprint density at radius 3 is 2.57 bits per heavy atom. The Morgan fingerprint density at radius 2 is 2.07 bits per heavy atom. The smallest absolute Gasteiger partial charge is 0.411 e. The molecule has 0 bridgehead atoms. The van der Waals surface area contributed by atoms with Crippen molar-refractivity contribution < 1.29 is 9.53 Å². The molecule has 0 aromatic rings. The van der Waals surface area contributed by atoms with Gasteiger partial charge in [-0.05, 0) is 40.0 Å². The molecule has 1 amide bonds. The number of nitrogens with zero attached hydrogens (tertiary/aromatic N) is 1. The first-order valence-electron chi connectivity index (χ1n) is 5.15. The molecule has 0 spiro atoms. The van der Waals surface area contributed by atoms with Gasteiger partial charge in [-0.25, -0.2) is 4.79 Å². The van der Waals surface area contributed by atoms with Crippen LogP contribution in [0, 0.1) is 0 Å². The molecule has 82 valence electrons. The molecule has 1 heterocycles. The molecule has 2 N–H and O–H groups in total. The number of nitrogens with two attached hydrogens (primary N) is 1. The van der Waals surface area contributed by atoms with Crippen molar-refractivity contribution in [1.29, 1.82) is 0 Å².